The van der Waals surface area contributed by atoms with Gasteiger partial charge in [-0.2, -0.15) is 4.73 Å². The molecule has 6 aromatic heterocycles. The molecule has 0 fully saturated rings. The van der Waals surface area contributed by atoms with Crippen molar-refractivity contribution in [2.75, 3.05) is 56.9 Å². The van der Waals surface area contributed by atoms with E-state index < -0.39 is 58.0 Å². The zero-order valence-electron chi connectivity index (χ0n) is 53.9. The second kappa shape index (κ2) is 40.4. The summed E-state index contributed by atoms with van der Waals surface area (Å²) in [4.78, 5) is 101. The van der Waals surface area contributed by atoms with Gasteiger partial charge < -0.3 is 82.3 Å². The van der Waals surface area contributed by atoms with E-state index in [2.05, 4.69) is 24.4 Å². The van der Waals surface area contributed by atoms with Crippen LogP contribution in [0.4, 0.5) is 0 Å². The number of carboxylic acids is 2. The van der Waals surface area contributed by atoms with Crippen LogP contribution in [0.2, 0.25) is 0 Å². The maximum Gasteiger partial charge on any atom is 1.00 e. The van der Waals surface area contributed by atoms with Gasteiger partial charge in [-0.15, -0.1) is 0 Å². The van der Waals surface area contributed by atoms with Crippen LogP contribution in [0.5, 0.6) is 40.4 Å². The van der Waals surface area contributed by atoms with E-state index >= 15 is 0 Å². The van der Waals surface area contributed by atoms with Crippen LogP contribution in [0, 0.1) is 5.21 Å². The molecule has 0 aliphatic carbocycles. The number of hydrogen-bond acceptors (Lipinski definition) is 20. The third-order valence-corrected chi connectivity index (χ3v) is 13.0. The Hall–Kier alpha value is -11.5. The quantitative estimate of drug-likeness (QED) is 0.0492. The number of aromatic nitrogens is 6. The first kappa shape index (κ1) is 78.7. The number of pyridine rings is 6. The first-order valence-electron chi connectivity index (χ1n) is 27.6. The summed E-state index contributed by atoms with van der Waals surface area (Å²) < 4.78 is 42.1. The van der Waals surface area contributed by atoms with Crippen molar-refractivity contribution in [3.63, 3.8) is 0 Å². The summed E-state index contributed by atoms with van der Waals surface area (Å²) in [6, 6.07) is 49.6. The molecule has 96 heavy (non-hydrogen) atoms. The molecule has 0 aliphatic heterocycles. The second-order valence-electron chi connectivity index (χ2n) is 18.6. The van der Waals surface area contributed by atoms with Crippen LogP contribution in [0.25, 0.3) is 0 Å². The molecular weight excluding hydrogens is 1230 g/mol. The average Bonchev–Trinajstić information content (AvgIpc) is 0.793. The van der Waals surface area contributed by atoms with E-state index in [9.17, 15) is 58.9 Å². The van der Waals surface area contributed by atoms with E-state index in [0.29, 0.717) is 16.2 Å². The van der Waals surface area contributed by atoms with Gasteiger partial charge in [-0.25, -0.2) is 14.4 Å². The number of esters is 2. The van der Waals surface area contributed by atoms with Crippen molar-refractivity contribution in [1.82, 2.24) is 24.1 Å². The van der Waals surface area contributed by atoms with Crippen molar-refractivity contribution in [1.29, 1.82) is 0 Å². The number of aromatic carboxylic acids is 2. The Balaban J connectivity index is 0.000000315. The molecule has 488 valence electrons. The average molecular weight is 1300 g/mol. The molecule has 0 saturated heterocycles. The van der Waals surface area contributed by atoms with E-state index in [4.69, 9.17) is 28.4 Å². The zero-order chi connectivity index (χ0) is 68.7. The number of rotatable bonds is 16. The SMILES string of the molecule is COC(=O)c1c(OC)cc[nH]c1=O.COC(=O)c1c(OC)ccn(C(c2ccccc2)c2ccccc2)c1=O.COc1cc[n+]([O-])cc1.COc1cc[nH]c(=O)c1.COc1ccn(C(c2ccccc2)c2ccccc2)c(=O)c1C(=O)O.COc1ccnc([O-])c1C(=O)[O-].[Li+].[Li+]. The minimum absolute atomic E-state index is 0. The molecule has 4 aromatic carbocycles. The summed E-state index contributed by atoms with van der Waals surface area (Å²) in [5.74, 6) is -3.48. The van der Waals surface area contributed by atoms with Gasteiger partial charge in [-0.3, -0.25) is 24.2 Å². The second-order valence-corrected chi connectivity index (χ2v) is 18.6. The van der Waals surface area contributed by atoms with Gasteiger partial charge in [0.05, 0.1) is 80.5 Å². The Morgan fingerprint density at radius 2 is 0.865 bits per heavy atom. The molecule has 0 amide bonds. The summed E-state index contributed by atoms with van der Waals surface area (Å²) in [6.07, 6.45) is 10.1. The molecule has 3 N–H and O–H groups in total. The van der Waals surface area contributed by atoms with Crippen molar-refractivity contribution >= 4 is 23.9 Å². The molecule has 0 bridgehead atoms. The summed E-state index contributed by atoms with van der Waals surface area (Å²) in [7, 11) is 10.9. The van der Waals surface area contributed by atoms with Gasteiger partial charge >= 0.3 is 55.6 Å². The molecule has 0 atom stereocenters. The van der Waals surface area contributed by atoms with E-state index in [1.807, 2.05) is 121 Å². The van der Waals surface area contributed by atoms with Crippen LogP contribution in [0.3, 0.4) is 0 Å². The number of ether oxygens (including phenoxy) is 8. The number of carbonyl (C=O) groups excluding carboxylic acids is 3. The van der Waals surface area contributed by atoms with Gasteiger partial charge in [-0.05, 0) is 52.6 Å². The Morgan fingerprint density at radius 3 is 1.23 bits per heavy atom. The maximum absolute atomic E-state index is 13.1. The number of carboxylic acid groups (broad SMARTS) is 2. The molecule has 26 nitrogen and oxygen atoms in total. The zero-order valence-corrected chi connectivity index (χ0v) is 53.9. The molecule has 6 heterocycles. The van der Waals surface area contributed by atoms with Gasteiger partial charge in [0.15, 0.2) is 29.1 Å². The summed E-state index contributed by atoms with van der Waals surface area (Å²) in [5.41, 5.74) is 0.751. The molecule has 0 spiro atoms. The molecule has 0 unspecified atom stereocenters. The van der Waals surface area contributed by atoms with Gasteiger partial charge in [0, 0.05) is 55.1 Å². The molecule has 0 saturated carbocycles. The monoisotopic (exact) mass is 1300 g/mol. The fourth-order valence-corrected chi connectivity index (χ4v) is 8.67. The number of nitrogens with one attached hydrogen (secondary N) is 2. The number of aromatic amines is 2. The van der Waals surface area contributed by atoms with Crippen LogP contribution in [0.15, 0.2) is 232 Å². The molecule has 28 heteroatoms. The third kappa shape index (κ3) is 21.8. The van der Waals surface area contributed by atoms with Gasteiger partial charge in [0.2, 0.25) is 0 Å². The topological polar surface area (TPSA) is 358 Å². The molecule has 0 aliphatic rings. The standard InChI is InChI=1S/C21H19NO4.C20H17NO4.C8H9NO4.C7H7NO4.2C6H7NO2.2Li/c1-25-17-13-14-22(20(23)18(17)21(24)26-2)19(15-9-5-3-6-10-15)16-11-7-4-8-12-16;1-25-16-12-13-21(19(22)17(16)20(23)24)18(14-8-4-2-5-9-14)15-10-6-3-7-11-15;1-12-5-3-4-9-7(10)6(5)8(11)13-2;1-12-4-2-3-8-6(9)5(4)7(10)11;1-9-6-2-4-7(8)5-3-6;1-9-5-2-3-7-6(8)4-5;;/h3-14,19H,1-2H3;2-13,18H,1H3,(H,23,24);3-4H,1-2H3,(H,9,10);2-3H,1H3,(H,8,9)(H,10,11);2-5H,1H3;2-4H,1H3,(H,7,8);;/q;;;;;;2*+1/p-2. The number of methoxy groups -OCH3 is 8. The van der Waals surface area contributed by atoms with Crippen molar-refractivity contribution < 1.29 is 115 Å². The van der Waals surface area contributed by atoms with E-state index in [1.165, 1.54) is 108 Å². The van der Waals surface area contributed by atoms with Gasteiger partial charge in [0.25, 0.3) is 22.2 Å². The molecular formula is C68H64Li2N6O20. The minimum Gasteiger partial charge on any atom is -0.858 e. The van der Waals surface area contributed by atoms with Crippen molar-refractivity contribution in [2.24, 2.45) is 0 Å². The smallest absolute Gasteiger partial charge is 0.858 e. The van der Waals surface area contributed by atoms with Crippen LogP contribution in [0.1, 0.15) is 75.8 Å². The third-order valence-electron chi connectivity index (χ3n) is 13.0. The molecule has 10 rings (SSSR count). The normalized spacial score (nSPS) is 9.77. The Bertz CT molecular complexity index is 4250. The van der Waals surface area contributed by atoms with Crippen molar-refractivity contribution in [3.8, 4) is 40.4 Å². The minimum atomic E-state index is -1.58. The summed E-state index contributed by atoms with van der Waals surface area (Å²) in [5, 5.41) is 41.0. The van der Waals surface area contributed by atoms with Gasteiger partial charge in [0.1, 0.15) is 34.5 Å². The van der Waals surface area contributed by atoms with Crippen LogP contribution < -0.4 is 103 Å². The molecule has 10 aromatic rings. The fourth-order valence-electron chi connectivity index (χ4n) is 8.67. The maximum atomic E-state index is 13.1. The Kier molecular flexibility index (Phi) is 33.1. The first-order valence-corrected chi connectivity index (χ1v) is 27.6. The number of benzene rings is 4. The first-order chi connectivity index (χ1) is 45.3. The van der Waals surface area contributed by atoms with Crippen LogP contribution in [-0.2, 0) is 9.47 Å². The number of nitrogens with zero attached hydrogens (tertiary/aromatic N) is 4. The Labute approximate surface area is 573 Å². The predicted octanol–water partition coefficient (Wildman–Crippen LogP) is -0.108. The largest absolute Gasteiger partial charge is 1.00 e. The van der Waals surface area contributed by atoms with Gasteiger partial charge in [-0.1, -0.05) is 121 Å². The Morgan fingerprint density at radius 1 is 0.479 bits per heavy atom. The molecule has 0 radical (unpaired) electrons. The van der Waals surface area contributed by atoms with E-state index in [1.54, 1.807) is 50.0 Å². The predicted molar refractivity (Wildman–Crippen MR) is 338 cm³/mol. The summed E-state index contributed by atoms with van der Waals surface area (Å²) >= 11 is 0. The summed E-state index contributed by atoms with van der Waals surface area (Å²) in [6.45, 7) is 0. The van der Waals surface area contributed by atoms with E-state index in [0.717, 1.165) is 22.3 Å². The number of carbonyl (C=O) groups is 4. The van der Waals surface area contributed by atoms with Crippen molar-refractivity contribution in [3.05, 3.63) is 304 Å². The van der Waals surface area contributed by atoms with Crippen molar-refractivity contribution in [2.45, 2.75) is 12.1 Å². The van der Waals surface area contributed by atoms with E-state index in [-0.39, 0.29) is 89.0 Å². The number of H-pyrrole nitrogens is 2. The van der Waals surface area contributed by atoms with Crippen LogP contribution in [-0.4, -0.2) is 110 Å². The number of hydrogen-bond donors (Lipinski definition) is 3. The fraction of sp³-hybridized carbons (Fsp3) is 0.147. The van der Waals surface area contributed by atoms with Crippen LogP contribution >= 0.6 is 0 Å².